The van der Waals surface area contributed by atoms with Crippen LogP contribution in [-0.2, 0) is 4.74 Å². The Morgan fingerprint density at radius 1 is 0.838 bits per heavy atom. The zero-order valence-corrected chi connectivity index (χ0v) is 21.8. The molecular formula is C32H33N3O2. The summed E-state index contributed by atoms with van der Waals surface area (Å²) >= 11 is 0. The number of guanidine groups is 1. The molecule has 0 spiro atoms. The summed E-state index contributed by atoms with van der Waals surface area (Å²) in [6.07, 6.45) is -0.420. The summed E-state index contributed by atoms with van der Waals surface area (Å²) in [5.74, 6) is 0.511. The summed E-state index contributed by atoms with van der Waals surface area (Å²) in [6, 6.07) is 34.1. The van der Waals surface area contributed by atoms with Gasteiger partial charge in [0.1, 0.15) is 11.6 Å². The summed E-state index contributed by atoms with van der Waals surface area (Å²) in [4.78, 5) is 20.6. The minimum absolute atomic E-state index is 0.0965. The van der Waals surface area contributed by atoms with E-state index in [1.165, 1.54) is 10.8 Å². The molecule has 1 heterocycles. The molecule has 0 unspecified atom stereocenters. The molecule has 0 aromatic heterocycles. The average Bonchev–Trinajstić information content (AvgIpc) is 3.27. The van der Waals surface area contributed by atoms with E-state index in [2.05, 4.69) is 60.8 Å². The van der Waals surface area contributed by atoms with Crippen molar-refractivity contribution in [3.8, 4) is 0 Å². The van der Waals surface area contributed by atoms with Crippen LogP contribution in [-0.4, -0.2) is 22.6 Å². The number of benzene rings is 4. The number of nitrogens with one attached hydrogen (secondary N) is 1. The highest BCUT2D eigenvalue weighted by molar-refractivity contribution is 5.97. The molecule has 0 saturated carbocycles. The van der Waals surface area contributed by atoms with E-state index in [0.717, 1.165) is 16.7 Å². The fourth-order valence-electron chi connectivity index (χ4n) is 4.94. The van der Waals surface area contributed by atoms with Gasteiger partial charge in [-0.2, -0.15) is 0 Å². The van der Waals surface area contributed by atoms with Crippen LogP contribution in [0.1, 0.15) is 62.5 Å². The van der Waals surface area contributed by atoms with Crippen molar-refractivity contribution >= 4 is 22.8 Å². The number of fused-ring (bicyclic) bond motifs is 1. The first-order valence-electron chi connectivity index (χ1n) is 12.8. The molecular weight excluding hydrogens is 458 g/mol. The highest BCUT2D eigenvalue weighted by Gasteiger charge is 2.44. The number of aliphatic imine (C=N–C) groups is 1. The SMILES string of the molecule is C[C@@H](NC1=N[C@@H](c2ccccc2)[C@H](c2ccccc2)N1C(=O)OC(C)(C)C)c1cccc2ccccc12. The van der Waals surface area contributed by atoms with Gasteiger partial charge < -0.3 is 10.1 Å². The smallest absolute Gasteiger partial charge is 0.417 e. The van der Waals surface area contributed by atoms with Crippen LogP contribution in [0, 0.1) is 0 Å². The molecule has 4 aromatic carbocycles. The minimum atomic E-state index is -0.643. The van der Waals surface area contributed by atoms with Crippen LogP contribution in [0.2, 0.25) is 0 Å². The minimum Gasteiger partial charge on any atom is -0.443 e. The Kier molecular flexibility index (Phi) is 6.70. The van der Waals surface area contributed by atoms with Gasteiger partial charge in [0.25, 0.3) is 0 Å². The Labute approximate surface area is 218 Å². The second kappa shape index (κ2) is 10.1. The van der Waals surface area contributed by atoms with Crippen molar-refractivity contribution in [1.29, 1.82) is 0 Å². The predicted molar refractivity (Wildman–Crippen MR) is 149 cm³/mol. The number of carbonyl (C=O) groups excluding carboxylic acids is 1. The second-order valence-corrected chi connectivity index (χ2v) is 10.4. The number of amides is 1. The van der Waals surface area contributed by atoms with Crippen LogP contribution >= 0.6 is 0 Å². The lowest BCUT2D eigenvalue weighted by Crippen LogP contribution is -2.46. The predicted octanol–water partition coefficient (Wildman–Crippen LogP) is 7.58. The molecule has 1 aliphatic rings. The zero-order chi connectivity index (χ0) is 26.0. The van der Waals surface area contributed by atoms with E-state index in [9.17, 15) is 4.79 Å². The number of hydrogen-bond donors (Lipinski definition) is 1. The first-order valence-corrected chi connectivity index (χ1v) is 12.8. The van der Waals surface area contributed by atoms with Gasteiger partial charge in [-0.05, 0) is 55.2 Å². The first-order chi connectivity index (χ1) is 17.8. The van der Waals surface area contributed by atoms with E-state index in [4.69, 9.17) is 9.73 Å². The van der Waals surface area contributed by atoms with Gasteiger partial charge in [-0.15, -0.1) is 0 Å². The van der Waals surface area contributed by atoms with Crippen LogP contribution in [0.4, 0.5) is 4.79 Å². The molecule has 0 aliphatic carbocycles. The quantitative estimate of drug-likeness (QED) is 0.320. The summed E-state index contributed by atoms with van der Waals surface area (Å²) in [6.45, 7) is 7.76. The molecule has 1 N–H and O–H groups in total. The van der Waals surface area contributed by atoms with Crippen molar-refractivity contribution < 1.29 is 9.53 Å². The van der Waals surface area contributed by atoms with Gasteiger partial charge in [-0.25, -0.2) is 14.7 Å². The van der Waals surface area contributed by atoms with Crippen LogP contribution in [0.3, 0.4) is 0 Å². The number of hydrogen-bond acceptors (Lipinski definition) is 4. The van der Waals surface area contributed by atoms with Crippen molar-refractivity contribution in [2.45, 2.75) is 51.4 Å². The molecule has 188 valence electrons. The van der Waals surface area contributed by atoms with Crippen molar-refractivity contribution in [3.63, 3.8) is 0 Å². The Hall–Kier alpha value is -4.12. The zero-order valence-electron chi connectivity index (χ0n) is 21.8. The van der Waals surface area contributed by atoms with Crippen LogP contribution in [0.25, 0.3) is 10.8 Å². The lowest BCUT2D eigenvalue weighted by atomic mass is 9.94. The van der Waals surface area contributed by atoms with E-state index >= 15 is 0 Å². The van der Waals surface area contributed by atoms with Crippen LogP contribution in [0.5, 0.6) is 0 Å². The molecule has 0 fully saturated rings. The highest BCUT2D eigenvalue weighted by atomic mass is 16.6. The lowest BCUT2D eigenvalue weighted by Gasteiger charge is -2.32. The molecule has 3 atom stereocenters. The van der Waals surface area contributed by atoms with Gasteiger partial charge in [0.05, 0.1) is 12.1 Å². The molecule has 5 rings (SSSR count). The Bertz CT molecular complexity index is 1410. The largest absolute Gasteiger partial charge is 0.443 e. The summed E-state index contributed by atoms with van der Waals surface area (Å²) in [5, 5.41) is 5.93. The highest BCUT2D eigenvalue weighted by Crippen LogP contribution is 2.43. The van der Waals surface area contributed by atoms with Gasteiger partial charge in [0.2, 0.25) is 5.96 Å². The molecule has 5 heteroatoms. The molecule has 37 heavy (non-hydrogen) atoms. The molecule has 0 radical (unpaired) electrons. The fourth-order valence-corrected chi connectivity index (χ4v) is 4.94. The maximum atomic E-state index is 13.7. The van der Waals surface area contributed by atoms with Gasteiger partial charge in [-0.3, -0.25) is 0 Å². The summed E-state index contributed by atoms with van der Waals surface area (Å²) in [5.41, 5.74) is 2.54. The Morgan fingerprint density at radius 2 is 1.43 bits per heavy atom. The second-order valence-electron chi connectivity index (χ2n) is 10.4. The van der Waals surface area contributed by atoms with E-state index in [1.54, 1.807) is 4.90 Å². The van der Waals surface area contributed by atoms with Crippen LogP contribution in [0.15, 0.2) is 108 Å². The summed E-state index contributed by atoms with van der Waals surface area (Å²) < 4.78 is 5.91. The normalized spacial score (nSPS) is 18.4. The van der Waals surface area contributed by atoms with Crippen molar-refractivity contribution in [3.05, 3.63) is 120 Å². The van der Waals surface area contributed by atoms with Gasteiger partial charge >= 0.3 is 6.09 Å². The third kappa shape index (κ3) is 5.21. The van der Waals surface area contributed by atoms with Crippen LogP contribution < -0.4 is 5.32 Å². The van der Waals surface area contributed by atoms with Crippen molar-refractivity contribution in [1.82, 2.24) is 10.2 Å². The van der Waals surface area contributed by atoms with Crippen molar-refractivity contribution in [2.75, 3.05) is 0 Å². The third-order valence-electron chi connectivity index (χ3n) is 6.57. The molecule has 5 nitrogen and oxygen atoms in total. The van der Waals surface area contributed by atoms with Crippen molar-refractivity contribution in [2.24, 2.45) is 4.99 Å². The standard InChI is InChI=1S/C32H33N3O2/c1-22(26-21-13-19-23-14-11-12-20-27(23)26)33-30-34-28(24-15-7-5-8-16-24)29(25-17-9-6-10-18-25)35(30)31(36)37-32(2,3)4/h5-22,28-29H,1-4H3,(H,33,34)/t22-,28+,29+/m1/s1. The monoisotopic (exact) mass is 491 g/mol. The van der Waals surface area contributed by atoms with E-state index in [0.29, 0.717) is 5.96 Å². The maximum absolute atomic E-state index is 13.7. The van der Waals surface area contributed by atoms with Gasteiger partial charge in [-0.1, -0.05) is 103 Å². The number of carbonyl (C=O) groups is 1. The Morgan fingerprint density at radius 3 is 2.11 bits per heavy atom. The summed E-state index contributed by atoms with van der Waals surface area (Å²) in [7, 11) is 0. The van der Waals surface area contributed by atoms with Gasteiger partial charge in [0.15, 0.2) is 0 Å². The average molecular weight is 492 g/mol. The number of ether oxygens (including phenoxy) is 1. The topological polar surface area (TPSA) is 53.9 Å². The fraction of sp³-hybridized carbons (Fsp3) is 0.250. The van der Waals surface area contributed by atoms with E-state index in [-0.39, 0.29) is 18.1 Å². The number of rotatable bonds is 4. The van der Waals surface area contributed by atoms with Gasteiger partial charge in [0, 0.05) is 0 Å². The molecule has 0 saturated heterocycles. The first kappa shape index (κ1) is 24.6. The van der Waals surface area contributed by atoms with E-state index in [1.807, 2.05) is 75.4 Å². The molecule has 1 amide bonds. The molecule has 4 aromatic rings. The third-order valence-corrected chi connectivity index (χ3v) is 6.57. The van der Waals surface area contributed by atoms with E-state index < -0.39 is 11.7 Å². The Balaban J connectivity index is 1.58. The number of nitrogens with zero attached hydrogens (tertiary/aromatic N) is 2. The molecule has 1 aliphatic heterocycles. The maximum Gasteiger partial charge on any atom is 0.417 e. The molecule has 0 bridgehead atoms. The lowest BCUT2D eigenvalue weighted by molar-refractivity contribution is 0.0309.